The second kappa shape index (κ2) is 7.31. The molecule has 0 aromatic heterocycles. The summed E-state index contributed by atoms with van der Waals surface area (Å²) in [7, 11) is 0. The number of hydrogen-bond donors (Lipinski definition) is 1. The minimum absolute atomic E-state index is 0.776. The zero-order chi connectivity index (χ0) is 11.9. The van der Waals surface area contributed by atoms with Crippen LogP contribution in [0.15, 0.2) is 0 Å². The van der Waals surface area contributed by atoms with Gasteiger partial charge in [0.15, 0.2) is 0 Å². The SMILES string of the molecule is NCCCN1CCCN(C2CCOCC2)CC1. The van der Waals surface area contributed by atoms with Crippen molar-refractivity contribution in [3.63, 3.8) is 0 Å². The molecule has 2 N–H and O–H groups in total. The fraction of sp³-hybridized carbons (Fsp3) is 1.00. The molecule has 4 nitrogen and oxygen atoms in total. The van der Waals surface area contributed by atoms with Gasteiger partial charge >= 0.3 is 0 Å². The normalized spacial score (nSPS) is 25.9. The van der Waals surface area contributed by atoms with E-state index >= 15 is 0 Å². The van der Waals surface area contributed by atoms with E-state index in [9.17, 15) is 0 Å². The van der Waals surface area contributed by atoms with Gasteiger partial charge in [-0.3, -0.25) is 4.90 Å². The van der Waals surface area contributed by atoms with Crippen LogP contribution >= 0.6 is 0 Å². The van der Waals surface area contributed by atoms with Crippen molar-refractivity contribution in [2.24, 2.45) is 5.73 Å². The maximum Gasteiger partial charge on any atom is 0.0480 e. The van der Waals surface area contributed by atoms with Crippen LogP contribution in [0.2, 0.25) is 0 Å². The van der Waals surface area contributed by atoms with Gasteiger partial charge in [-0.25, -0.2) is 0 Å². The summed E-state index contributed by atoms with van der Waals surface area (Å²) in [6.45, 7) is 8.88. The standard InChI is InChI=1S/C13H27N3O/c14-5-1-6-15-7-2-8-16(10-9-15)13-3-11-17-12-4-13/h13H,1-12,14H2. The molecule has 0 aliphatic carbocycles. The maximum atomic E-state index is 5.58. The Morgan fingerprint density at radius 3 is 2.65 bits per heavy atom. The third-order valence-electron chi connectivity index (χ3n) is 4.01. The number of rotatable bonds is 4. The Bertz CT molecular complexity index is 207. The van der Waals surface area contributed by atoms with Crippen LogP contribution in [0.3, 0.4) is 0 Å². The second-order valence-electron chi connectivity index (χ2n) is 5.22. The van der Waals surface area contributed by atoms with Crippen LogP contribution in [0.1, 0.15) is 25.7 Å². The van der Waals surface area contributed by atoms with Gasteiger partial charge in [-0.15, -0.1) is 0 Å². The molecular weight excluding hydrogens is 214 g/mol. The Hall–Kier alpha value is -0.160. The van der Waals surface area contributed by atoms with Gasteiger partial charge in [-0.2, -0.15) is 0 Å². The average Bonchev–Trinajstić information content (AvgIpc) is 2.63. The summed E-state index contributed by atoms with van der Waals surface area (Å²) < 4.78 is 5.45. The molecule has 100 valence electrons. The van der Waals surface area contributed by atoms with Crippen molar-refractivity contribution in [1.29, 1.82) is 0 Å². The number of ether oxygens (including phenoxy) is 1. The summed E-state index contributed by atoms with van der Waals surface area (Å²) in [5, 5.41) is 0. The van der Waals surface area contributed by atoms with Crippen molar-refractivity contribution in [2.45, 2.75) is 31.7 Å². The summed E-state index contributed by atoms with van der Waals surface area (Å²) in [5.74, 6) is 0. The van der Waals surface area contributed by atoms with Crippen molar-refractivity contribution in [2.75, 3.05) is 52.5 Å². The first-order valence-electron chi connectivity index (χ1n) is 7.14. The molecule has 0 aromatic rings. The molecule has 2 aliphatic heterocycles. The van der Waals surface area contributed by atoms with Gasteiger partial charge in [0.1, 0.15) is 0 Å². The molecule has 0 unspecified atom stereocenters. The van der Waals surface area contributed by atoms with E-state index in [1.54, 1.807) is 0 Å². The lowest BCUT2D eigenvalue weighted by molar-refractivity contribution is 0.0354. The molecule has 2 rings (SSSR count). The highest BCUT2D eigenvalue weighted by Crippen LogP contribution is 2.16. The molecule has 0 amide bonds. The molecule has 0 aromatic carbocycles. The predicted molar refractivity (Wildman–Crippen MR) is 70.1 cm³/mol. The van der Waals surface area contributed by atoms with E-state index in [4.69, 9.17) is 10.5 Å². The number of hydrogen-bond acceptors (Lipinski definition) is 4. The molecule has 0 bridgehead atoms. The molecule has 2 aliphatic rings. The lowest BCUT2D eigenvalue weighted by atomic mass is 10.1. The Morgan fingerprint density at radius 1 is 1.06 bits per heavy atom. The van der Waals surface area contributed by atoms with E-state index in [1.165, 1.54) is 52.0 Å². The monoisotopic (exact) mass is 241 g/mol. The summed E-state index contributed by atoms with van der Waals surface area (Å²) in [4.78, 5) is 5.26. The maximum absolute atomic E-state index is 5.58. The molecule has 0 spiro atoms. The van der Waals surface area contributed by atoms with E-state index in [1.807, 2.05) is 0 Å². The van der Waals surface area contributed by atoms with Gasteiger partial charge in [0.05, 0.1) is 0 Å². The summed E-state index contributed by atoms with van der Waals surface area (Å²) >= 11 is 0. The van der Waals surface area contributed by atoms with Crippen LogP contribution in [0.4, 0.5) is 0 Å². The van der Waals surface area contributed by atoms with Crippen molar-refractivity contribution in [1.82, 2.24) is 9.80 Å². The summed E-state index contributed by atoms with van der Waals surface area (Å²) in [6, 6.07) is 0.776. The van der Waals surface area contributed by atoms with E-state index in [0.29, 0.717) is 0 Å². The lowest BCUT2D eigenvalue weighted by Crippen LogP contribution is -2.41. The molecule has 0 saturated carbocycles. The van der Waals surface area contributed by atoms with Gasteiger partial charge in [0.25, 0.3) is 0 Å². The third kappa shape index (κ3) is 4.21. The Kier molecular flexibility index (Phi) is 5.71. The molecule has 2 heterocycles. The number of nitrogens with two attached hydrogens (primary N) is 1. The fourth-order valence-electron chi connectivity index (χ4n) is 2.94. The minimum Gasteiger partial charge on any atom is -0.381 e. The van der Waals surface area contributed by atoms with Gasteiger partial charge < -0.3 is 15.4 Å². The Labute approximate surface area is 105 Å². The third-order valence-corrected chi connectivity index (χ3v) is 4.01. The summed E-state index contributed by atoms with van der Waals surface area (Å²) in [6.07, 6.45) is 4.89. The predicted octanol–water partition coefficient (Wildman–Crippen LogP) is 0.522. The average molecular weight is 241 g/mol. The Balaban J connectivity index is 1.74. The molecular formula is C13H27N3O. The van der Waals surface area contributed by atoms with Crippen LogP contribution in [0.5, 0.6) is 0 Å². The van der Waals surface area contributed by atoms with Crippen LogP contribution in [0.25, 0.3) is 0 Å². The van der Waals surface area contributed by atoms with Crippen molar-refractivity contribution in [3.8, 4) is 0 Å². The van der Waals surface area contributed by atoms with E-state index in [-0.39, 0.29) is 0 Å². The largest absolute Gasteiger partial charge is 0.381 e. The summed E-state index contributed by atoms with van der Waals surface area (Å²) in [5.41, 5.74) is 5.58. The molecule has 0 radical (unpaired) electrons. The highest BCUT2D eigenvalue weighted by molar-refractivity contribution is 4.78. The first-order chi connectivity index (χ1) is 8.40. The van der Waals surface area contributed by atoms with Crippen LogP contribution in [-0.2, 0) is 4.74 Å². The zero-order valence-corrected chi connectivity index (χ0v) is 10.9. The van der Waals surface area contributed by atoms with Crippen molar-refractivity contribution >= 4 is 0 Å². The van der Waals surface area contributed by atoms with Gasteiger partial charge in [0, 0.05) is 32.3 Å². The van der Waals surface area contributed by atoms with Crippen molar-refractivity contribution < 1.29 is 4.74 Å². The second-order valence-corrected chi connectivity index (χ2v) is 5.22. The zero-order valence-electron chi connectivity index (χ0n) is 10.9. The van der Waals surface area contributed by atoms with Gasteiger partial charge in [0.2, 0.25) is 0 Å². The van der Waals surface area contributed by atoms with Crippen molar-refractivity contribution in [3.05, 3.63) is 0 Å². The highest BCUT2D eigenvalue weighted by Gasteiger charge is 2.23. The van der Waals surface area contributed by atoms with E-state index in [2.05, 4.69) is 9.80 Å². The first kappa shape index (κ1) is 13.3. The minimum atomic E-state index is 0.776. The molecule has 2 saturated heterocycles. The first-order valence-corrected chi connectivity index (χ1v) is 7.14. The highest BCUT2D eigenvalue weighted by atomic mass is 16.5. The van der Waals surface area contributed by atoms with Gasteiger partial charge in [-0.05, 0) is 51.9 Å². The Morgan fingerprint density at radius 2 is 1.88 bits per heavy atom. The van der Waals surface area contributed by atoms with Crippen LogP contribution in [0, 0.1) is 0 Å². The van der Waals surface area contributed by atoms with Crippen LogP contribution in [-0.4, -0.2) is 68.3 Å². The lowest BCUT2D eigenvalue weighted by Gasteiger charge is -2.33. The smallest absolute Gasteiger partial charge is 0.0480 e. The molecule has 17 heavy (non-hydrogen) atoms. The van der Waals surface area contributed by atoms with E-state index in [0.717, 1.165) is 32.2 Å². The molecule has 0 atom stereocenters. The quantitative estimate of drug-likeness (QED) is 0.779. The fourth-order valence-corrected chi connectivity index (χ4v) is 2.94. The van der Waals surface area contributed by atoms with Gasteiger partial charge in [-0.1, -0.05) is 0 Å². The van der Waals surface area contributed by atoms with Crippen LogP contribution < -0.4 is 5.73 Å². The number of nitrogens with zero attached hydrogens (tertiary/aromatic N) is 2. The molecule has 4 heteroatoms. The molecule has 2 fully saturated rings. The van der Waals surface area contributed by atoms with E-state index < -0.39 is 0 Å². The topological polar surface area (TPSA) is 41.7 Å².